The van der Waals surface area contributed by atoms with E-state index in [2.05, 4.69) is 52.9 Å². The monoisotopic (exact) mass is 302 g/mol. The fraction of sp³-hybridized carbons (Fsp3) is 0.500. The first-order chi connectivity index (χ1) is 10.1. The van der Waals surface area contributed by atoms with Gasteiger partial charge < -0.3 is 4.90 Å². The van der Waals surface area contributed by atoms with Crippen molar-refractivity contribution in [3.8, 4) is 0 Å². The van der Waals surface area contributed by atoms with Gasteiger partial charge in [-0.1, -0.05) is 0 Å². The van der Waals surface area contributed by atoms with Crippen LogP contribution in [0.15, 0.2) is 18.5 Å². The molecule has 0 aliphatic carbocycles. The molecule has 1 aliphatic heterocycles. The second kappa shape index (κ2) is 6.12. The topological polar surface area (TPSA) is 32.3 Å². The van der Waals surface area contributed by atoms with Crippen LogP contribution in [0.2, 0.25) is 0 Å². The molecule has 1 aliphatic rings. The summed E-state index contributed by atoms with van der Waals surface area (Å²) < 4.78 is 0. The fourth-order valence-electron chi connectivity index (χ4n) is 2.89. The number of aryl methyl sites for hydroxylation is 1. The Balaban J connectivity index is 1.74. The molecule has 2 aromatic rings. The van der Waals surface area contributed by atoms with Gasteiger partial charge in [0.25, 0.3) is 0 Å². The third kappa shape index (κ3) is 3.24. The van der Waals surface area contributed by atoms with Gasteiger partial charge in [-0.25, -0.2) is 9.97 Å². The third-order valence-electron chi connectivity index (χ3n) is 3.95. The largest absolute Gasteiger partial charge is 0.362 e. The van der Waals surface area contributed by atoms with Crippen LogP contribution in [0.1, 0.15) is 21.0 Å². The minimum Gasteiger partial charge on any atom is -0.362 e. The van der Waals surface area contributed by atoms with Crippen molar-refractivity contribution >= 4 is 17.2 Å². The van der Waals surface area contributed by atoms with E-state index in [1.54, 1.807) is 6.33 Å². The van der Waals surface area contributed by atoms with Gasteiger partial charge in [0, 0.05) is 55.5 Å². The van der Waals surface area contributed by atoms with Gasteiger partial charge >= 0.3 is 0 Å². The number of hydrogen-bond acceptors (Lipinski definition) is 5. The molecule has 112 valence electrons. The lowest BCUT2D eigenvalue weighted by Gasteiger charge is -2.19. The minimum absolute atomic E-state index is 1.02. The van der Waals surface area contributed by atoms with Crippen LogP contribution in [0.3, 0.4) is 0 Å². The first-order valence-corrected chi connectivity index (χ1v) is 8.23. The van der Waals surface area contributed by atoms with Crippen LogP contribution in [0, 0.1) is 6.92 Å². The van der Waals surface area contributed by atoms with Crippen LogP contribution < -0.4 is 4.90 Å². The third-order valence-corrected chi connectivity index (χ3v) is 4.94. The molecule has 0 amide bonds. The Morgan fingerprint density at radius 1 is 1.19 bits per heavy atom. The summed E-state index contributed by atoms with van der Waals surface area (Å²) in [4.78, 5) is 16.4. The van der Waals surface area contributed by atoms with E-state index in [1.165, 1.54) is 21.0 Å². The SMILES string of the molecule is Cc1ccc(CN2CCc3ncnc(N(C)C)c3CC2)s1. The molecule has 3 heterocycles. The van der Waals surface area contributed by atoms with E-state index < -0.39 is 0 Å². The molecular formula is C16H22N4S. The average molecular weight is 302 g/mol. The number of fused-ring (bicyclic) bond motifs is 1. The van der Waals surface area contributed by atoms with Crippen LogP contribution in [-0.2, 0) is 19.4 Å². The van der Waals surface area contributed by atoms with Crippen LogP contribution in [0.4, 0.5) is 5.82 Å². The van der Waals surface area contributed by atoms with Gasteiger partial charge in [-0.2, -0.15) is 0 Å². The number of rotatable bonds is 3. The fourth-order valence-corrected chi connectivity index (χ4v) is 3.82. The molecule has 2 aromatic heterocycles. The summed E-state index contributed by atoms with van der Waals surface area (Å²) >= 11 is 1.90. The van der Waals surface area contributed by atoms with Gasteiger partial charge in [-0.05, 0) is 25.5 Å². The first-order valence-electron chi connectivity index (χ1n) is 7.41. The summed E-state index contributed by atoms with van der Waals surface area (Å²) in [5.74, 6) is 1.08. The number of hydrogen-bond donors (Lipinski definition) is 0. The van der Waals surface area contributed by atoms with E-state index in [1.807, 2.05) is 11.3 Å². The zero-order chi connectivity index (χ0) is 14.8. The molecule has 21 heavy (non-hydrogen) atoms. The van der Waals surface area contributed by atoms with Crippen LogP contribution in [0.5, 0.6) is 0 Å². The highest BCUT2D eigenvalue weighted by molar-refractivity contribution is 7.11. The van der Waals surface area contributed by atoms with Crippen molar-refractivity contribution in [3.05, 3.63) is 39.5 Å². The molecule has 0 saturated carbocycles. The molecule has 0 saturated heterocycles. The summed E-state index contributed by atoms with van der Waals surface area (Å²) in [6.45, 7) is 5.38. The van der Waals surface area contributed by atoms with Gasteiger partial charge in [0.1, 0.15) is 12.1 Å². The van der Waals surface area contributed by atoms with Crippen molar-refractivity contribution in [1.82, 2.24) is 14.9 Å². The predicted molar refractivity (Wildman–Crippen MR) is 88.1 cm³/mol. The molecule has 0 N–H and O–H groups in total. The van der Waals surface area contributed by atoms with E-state index in [4.69, 9.17) is 0 Å². The maximum absolute atomic E-state index is 4.51. The summed E-state index contributed by atoms with van der Waals surface area (Å²) in [6.07, 6.45) is 3.75. The van der Waals surface area contributed by atoms with Gasteiger partial charge in [0.2, 0.25) is 0 Å². The maximum Gasteiger partial charge on any atom is 0.134 e. The Labute approximate surface area is 130 Å². The highest BCUT2D eigenvalue weighted by atomic mass is 32.1. The van der Waals surface area contributed by atoms with E-state index >= 15 is 0 Å². The Morgan fingerprint density at radius 3 is 2.71 bits per heavy atom. The lowest BCUT2D eigenvalue weighted by molar-refractivity contribution is 0.281. The molecule has 0 fully saturated rings. The Kier molecular flexibility index (Phi) is 4.22. The second-order valence-electron chi connectivity index (χ2n) is 5.81. The number of nitrogens with zero attached hydrogens (tertiary/aromatic N) is 4. The van der Waals surface area contributed by atoms with Crippen LogP contribution in [-0.4, -0.2) is 42.1 Å². The van der Waals surface area contributed by atoms with E-state index in [0.29, 0.717) is 0 Å². The molecule has 0 radical (unpaired) electrons. The molecule has 0 bridgehead atoms. The molecule has 0 aromatic carbocycles. The summed E-state index contributed by atoms with van der Waals surface area (Å²) in [5, 5.41) is 0. The van der Waals surface area contributed by atoms with Gasteiger partial charge in [-0.3, -0.25) is 4.90 Å². The molecule has 0 spiro atoms. The average Bonchev–Trinajstić information content (AvgIpc) is 2.75. The first kappa shape index (κ1) is 14.5. The summed E-state index contributed by atoms with van der Waals surface area (Å²) in [6, 6.07) is 4.46. The number of thiophene rings is 1. The van der Waals surface area contributed by atoms with E-state index in [0.717, 1.165) is 38.3 Å². The molecule has 4 nitrogen and oxygen atoms in total. The zero-order valence-electron chi connectivity index (χ0n) is 13.0. The number of aromatic nitrogens is 2. The minimum atomic E-state index is 1.02. The Hall–Kier alpha value is -1.46. The van der Waals surface area contributed by atoms with Crippen molar-refractivity contribution in [2.75, 3.05) is 32.1 Å². The Morgan fingerprint density at radius 2 is 2.00 bits per heavy atom. The standard InChI is InChI=1S/C16H22N4S/c1-12-4-5-13(21-12)10-20-8-6-14-15(7-9-20)17-11-18-16(14)19(2)3/h4-5,11H,6-10H2,1-3H3. The predicted octanol–water partition coefficient (Wildman–Crippen LogP) is 2.51. The van der Waals surface area contributed by atoms with Gasteiger partial charge in [-0.15, -0.1) is 11.3 Å². The summed E-state index contributed by atoms with van der Waals surface area (Å²) in [5.41, 5.74) is 2.55. The van der Waals surface area contributed by atoms with Crippen molar-refractivity contribution in [2.24, 2.45) is 0 Å². The van der Waals surface area contributed by atoms with Crippen molar-refractivity contribution in [1.29, 1.82) is 0 Å². The Bertz CT molecular complexity index is 620. The van der Waals surface area contributed by atoms with Crippen LogP contribution >= 0.6 is 11.3 Å². The quantitative estimate of drug-likeness (QED) is 0.872. The highest BCUT2D eigenvalue weighted by Crippen LogP contribution is 2.24. The number of anilines is 1. The lowest BCUT2D eigenvalue weighted by atomic mass is 10.1. The summed E-state index contributed by atoms with van der Waals surface area (Å²) in [7, 11) is 4.11. The van der Waals surface area contributed by atoms with Crippen molar-refractivity contribution in [3.63, 3.8) is 0 Å². The highest BCUT2D eigenvalue weighted by Gasteiger charge is 2.19. The second-order valence-corrected chi connectivity index (χ2v) is 7.18. The van der Waals surface area contributed by atoms with E-state index in [9.17, 15) is 0 Å². The van der Waals surface area contributed by atoms with Crippen molar-refractivity contribution in [2.45, 2.75) is 26.3 Å². The van der Waals surface area contributed by atoms with Crippen LogP contribution in [0.25, 0.3) is 0 Å². The van der Waals surface area contributed by atoms with E-state index in [-0.39, 0.29) is 0 Å². The molecule has 0 unspecified atom stereocenters. The van der Waals surface area contributed by atoms with Gasteiger partial charge in [0.05, 0.1) is 5.69 Å². The maximum atomic E-state index is 4.51. The van der Waals surface area contributed by atoms with Crippen molar-refractivity contribution < 1.29 is 0 Å². The molecule has 3 rings (SSSR count). The normalized spacial score (nSPS) is 15.6. The molecular weight excluding hydrogens is 280 g/mol. The zero-order valence-corrected chi connectivity index (χ0v) is 13.8. The van der Waals surface area contributed by atoms with Gasteiger partial charge in [0.15, 0.2) is 0 Å². The lowest BCUT2D eigenvalue weighted by Crippen LogP contribution is -2.25. The molecule has 5 heteroatoms. The smallest absolute Gasteiger partial charge is 0.134 e. The molecule has 0 atom stereocenters.